The van der Waals surface area contributed by atoms with Gasteiger partial charge in [0.05, 0.1) is 11.0 Å². The van der Waals surface area contributed by atoms with E-state index in [0.717, 1.165) is 22.7 Å². The number of nitrogens with zero attached hydrogens (tertiary/aromatic N) is 2. The Bertz CT molecular complexity index is 3240. The average Bonchev–Trinajstić information content (AvgIpc) is 3.63. The van der Waals surface area contributed by atoms with Gasteiger partial charge in [-0.15, -0.1) is 0 Å². The number of para-hydroxylation sites is 3. The molecule has 11 rings (SSSR count). The van der Waals surface area contributed by atoms with Crippen molar-refractivity contribution in [2.75, 3.05) is 4.90 Å². The van der Waals surface area contributed by atoms with Crippen molar-refractivity contribution >= 4 is 60.4 Å². The lowest BCUT2D eigenvalue weighted by atomic mass is 9.84. The number of anilines is 3. The molecule has 0 aliphatic carbocycles. The number of aromatic nitrogens is 1. The minimum atomic E-state index is 1.10. The van der Waals surface area contributed by atoms with E-state index in [-0.39, 0.29) is 0 Å². The lowest BCUT2D eigenvalue weighted by molar-refractivity contribution is 1.18. The minimum Gasteiger partial charge on any atom is -0.310 e. The third-order valence-corrected chi connectivity index (χ3v) is 11.5. The minimum absolute atomic E-state index is 1.10. The van der Waals surface area contributed by atoms with Crippen LogP contribution in [0.2, 0.25) is 0 Å². The molecule has 0 radical (unpaired) electrons. The van der Waals surface area contributed by atoms with Crippen molar-refractivity contribution in [2.24, 2.45) is 0 Å². The first kappa shape index (κ1) is 33.6. The number of rotatable bonds is 7. The van der Waals surface area contributed by atoms with Gasteiger partial charge in [-0.25, -0.2) is 0 Å². The van der Waals surface area contributed by atoms with Crippen molar-refractivity contribution in [3.63, 3.8) is 0 Å². The molecule has 0 amide bonds. The predicted molar refractivity (Wildman–Crippen MR) is 247 cm³/mol. The Labute approximate surface area is 338 Å². The lowest BCUT2D eigenvalue weighted by Gasteiger charge is -2.26. The molecular weight excluding hydrogens is 701 g/mol. The summed E-state index contributed by atoms with van der Waals surface area (Å²) in [5.74, 6) is 0. The lowest BCUT2D eigenvalue weighted by Crippen LogP contribution is -2.09. The maximum absolute atomic E-state index is 2.37. The highest BCUT2D eigenvalue weighted by Crippen LogP contribution is 2.46. The zero-order valence-corrected chi connectivity index (χ0v) is 31.8. The first-order valence-corrected chi connectivity index (χ1v) is 19.9. The summed E-state index contributed by atoms with van der Waals surface area (Å²) >= 11 is 0. The molecular formula is C56H38N2. The van der Waals surface area contributed by atoms with E-state index in [1.165, 1.54) is 76.7 Å². The van der Waals surface area contributed by atoms with Gasteiger partial charge in [-0.1, -0.05) is 164 Å². The standard InChI is InChI=1S/C56H38N2/c1-5-17-40(18-6-1)54-48-26-14-13-21-42(48)37-43-31-35-49(55(56(43)54)41-19-7-2-8-20-41)39-29-32-46(33-30-39)57(44-22-9-3-10-23-44)47-34-36-53-51(38-47)50-27-15-16-28-52(50)58(53)45-24-11-4-12-25-45/h1-38H. The van der Waals surface area contributed by atoms with E-state index < -0.39 is 0 Å². The number of hydrogen-bond acceptors (Lipinski definition) is 1. The molecule has 1 heterocycles. The summed E-state index contributed by atoms with van der Waals surface area (Å²) in [6.07, 6.45) is 0. The smallest absolute Gasteiger partial charge is 0.0542 e. The molecule has 2 heteroatoms. The van der Waals surface area contributed by atoms with Crippen LogP contribution in [0.1, 0.15) is 0 Å². The van der Waals surface area contributed by atoms with E-state index in [0.29, 0.717) is 0 Å². The fourth-order valence-corrected chi connectivity index (χ4v) is 8.98. The van der Waals surface area contributed by atoms with Crippen LogP contribution in [0, 0.1) is 0 Å². The summed E-state index contributed by atoms with van der Waals surface area (Å²) in [6, 6.07) is 83.6. The van der Waals surface area contributed by atoms with Crippen LogP contribution < -0.4 is 4.90 Å². The van der Waals surface area contributed by atoms with Crippen LogP contribution in [-0.2, 0) is 0 Å². The highest BCUT2D eigenvalue weighted by Gasteiger charge is 2.20. The van der Waals surface area contributed by atoms with Crippen LogP contribution in [0.5, 0.6) is 0 Å². The zero-order chi connectivity index (χ0) is 38.4. The van der Waals surface area contributed by atoms with Gasteiger partial charge in [0, 0.05) is 33.5 Å². The Hall–Kier alpha value is -7.68. The summed E-state index contributed by atoms with van der Waals surface area (Å²) in [5.41, 5.74) is 14.2. The molecule has 2 nitrogen and oxygen atoms in total. The monoisotopic (exact) mass is 738 g/mol. The molecule has 1 aromatic heterocycles. The molecule has 0 N–H and O–H groups in total. The molecule has 11 aromatic rings. The molecule has 0 spiro atoms. The van der Waals surface area contributed by atoms with Crippen LogP contribution in [-0.4, -0.2) is 4.57 Å². The van der Waals surface area contributed by atoms with E-state index in [9.17, 15) is 0 Å². The second-order valence-corrected chi connectivity index (χ2v) is 14.9. The van der Waals surface area contributed by atoms with Gasteiger partial charge in [0.25, 0.3) is 0 Å². The SMILES string of the molecule is c1ccc(-c2c(-c3ccc(N(c4ccccc4)c4ccc5c(c4)c4ccccc4n5-c4ccccc4)cc3)ccc3cc4ccccc4c(-c4ccccc4)c23)cc1. The van der Waals surface area contributed by atoms with Gasteiger partial charge >= 0.3 is 0 Å². The topological polar surface area (TPSA) is 8.17 Å². The fourth-order valence-electron chi connectivity index (χ4n) is 8.98. The predicted octanol–water partition coefficient (Wildman–Crippen LogP) is 15.6. The maximum atomic E-state index is 2.37. The van der Waals surface area contributed by atoms with Crippen molar-refractivity contribution in [3.05, 3.63) is 231 Å². The van der Waals surface area contributed by atoms with Gasteiger partial charge in [-0.3, -0.25) is 0 Å². The van der Waals surface area contributed by atoms with E-state index in [1.54, 1.807) is 0 Å². The molecule has 58 heavy (non-hydrogen) atoms. The molecule has 0 atom stereocenters. The quantitative estimate of drug-likeness (QED) is 0.148. The largest absolute Gasteiger partial charge is 0.310 e. The summed E-state index contributed by atoms with van der Waals surface area (Å²) in [6.45, 7) is 0. The van der Waals surface area contributed by atoms with Crippen molar-refractivity contribution in [1.29, 1.82) is 0 Å². The Kier molecular flexibility index (Phi) is 8.19. The first-order valence-electron chi connectivity index (χ1n) is 19.9. The second kappa shape index (κ2) is 14.1. The Balaban J connectivity index is 1.10. The highest BCUT2D eigenvalue weighted by molar-refractivity contribution is 6.20. The Morgan fingerprint density at radius 1 is 0.310 bits per heavy atom. The molecule has 0 unspecified atom stereocenters. The van der Waals surface area contributed by atoms with E-state index in [1.807, 2.05) is 0 Å². The number of hydrogen-bond donors (Lipinski definition) is 0. The van der Waals surface area contributed by atoms with E-state index >= 15 is 0 Å². The van der Waals surface area contributed by atoms with Gasteiger partial charge in [-0.2, -0.15) is 0 Å². The fraction of sp³-hybridized carbons (Fsp3) is 0. The molecule has 0 aliphatic rings. The third-order valence-electron chi connectivity index (χ3n) is 11.5. The van der Waals surface area contributed by atoms with Gasteiger partial charge in [0.15, 0.2) is 0 Å². The molecule has 0 aliphatic heterocycles. The molecule has 272 valence electrons. The van der Waals surface area contributed by atoms with E-state index in [4.69, 9.17) is 0 Å². The van der Waals surface area contributed by atoms with Crippen molar-refractivity contribution < 1.29 is 0 Å². The third kappa shape index (κ3) is 5.66. The van der Waals surface area contributed by atoms with Crippen LogP contribution >= 0.6 is 0 Å². The van der Waals surface area contributed by atoms with Crippen LogP contribution in [0.25, 0.3) is 82.4 Å². The molecule has 0 saturated heterocycles. The van der Waals surface area contributed by atoms with Gasteiger partial charge in [0.2, 0.25) is 0 Å². The average molecular weight is 739 g/mol. The van der Waals surface area contributed by atoms with Crippen LogP contribution in [0.15, 0.2) is 231 Å². The molecule has 0 bridgehead atoms. The van der Waals surface area contributed by atoms with Crippen molar-refractivity contribution in [1.82, 2.24) is 4.57 Å². The van der Waals surface area contributed by atoms with Gasteiger partial charge in [-0.05, 0) is 122 Å². The summed E-state index contributed by atoms with van der Waals surface area (Å²) in [7, 11) is 0. The summed E-state index contributed by atoms with van der Waals surface area (Å²) < 4.78 is 2.37. The molecule has 0 saturated carbocycles. The summed E-state index contributed by atoms with van der Waals surface area (Å²) in [4.78, 5) is 2.37. The Morgan fingerprint density at radius 3 is 1.59 bits per heavy atom. The van der Waals surface area contributed by atoms with Crippen LogP contribution in [0.3, 0.4) is 0 Å². The summed E-state index contributed by atoms with van der Waals surface area (Å²) in [5, 5.41) is 7.46. The normalized spacial score (nSPS) is 11.4. The zero-order valence-electron chi connectivity index (χ0n) is 31.8. The molecule has 0 fully saturated rings. The van der Waals surface area contributed by atoms with Gasteiger partial charge in [0.1, 0.15) is 0 Å². The Morgan fingerprint density at radius 2 is 0.862 bits per heavy atom. The first-order chi connectivity index (χ1) is 28.8. The van der Waals surface area contributed by atoms with Crippen LogP contribution in [0.4, 0.5) is 17.1 Å². The van der Waals surface area contributed by atoms with Gasteiger partial charge < -0.3 is 9.47 Å². The number of fused-ring (bicyclic) bond motifs is 5. The van der Waals surface area contributed by atoms with Crippen molar-refractivity contribution in [3.8, 4) is 39.1 Å². The number of benzene rings is 10. The highest BCUT2D eigenvalue weighted by atomic mass is 15.1. The molecule has 10 aromatic carbocycles. The van der Waals surface area contributed by atoms with E-state index in [2.05, 4.69) is 240 Å². The maximum Gasteiger partial charge on any atom is 0.0542 e. The van der Waals surface area contributed by atoms with Crippen molar-refractivity contribution in [2.45, 2.75) is 0 Å². The second-order valence-electron chi connectivity index (χ2n) is 14.9.